The van der Waals surface area contributed by atoms with Crippen LogP contribution in [0, 0.1) is 0 Å². The monoisotopic (exact) mass is 242 g/mol. The van der Waals surface area contributed by atoms with Crippen molar-refractivity contribution in [3.63, 3.8) is 0 Å². The summed E-state index contributed by atoms with van der Waals surface area (Å²) in [6.45, 7) is 0.903. The second-order valence-corrected chi connectivity index (χ2v) is 4.38. The average molecular weight is 243 g/mol. The molecule has 1 aliphatic heterocycles. The van der Waals surface area contributed by atoms with Crippen LogP contribution in [0.5, 0.6) is 0 Å². The quantitative estimate of drug-likeness (QED) is 0.792. The number of amidine groups is 1. The van der Waals surface area contributed by atoms with Crippen molar-refractivity contribution in [3.05, 3.63) is 28.2 Å². The molecule has 0 unspecified atom stereocenters. The van der Waals surface area contributed by atoms with Crippen LogP contribution in [0.15, 0.2) is 23.2 Å². The SMILES string of the molecule is Clc1ccc(Cl)c(NC2=NCCCC2)c1. The minimum Gasteiger partial charge on any atom is -0.343 e. The van der Waals surface area contributed by atoms with Gasteiger partial charge in [0.15, 0.2) is 0 Å². The number of benzene rings is 1. The van der Waals surface area contributed by atoms with Gasteiger partial charge in [0.2, 0.25) is 0 Å². The van der Waals surface area contributed by atoms with Gasteiger partial charge in [0, 0.05) is 18.0 Å². The first kappa shape index (κ1) is 10.8. The molecular formula is C11H12Cl2N2. The number of nitrogens with zero attached hydrogens (tertiary/aromatic N) is 1. The summed E-state index contributed by atoms with van der Waals surface area (Å²) in [5.74, 6) is 1.01. The summed E-state index contributed by atoms with van der Waals surface area (Å²) >= 11 is 11.9. The van der Waals surface area contributed by atoms with Crippen molar-refractivity contribution in [1.82, 2.24) is 0 Å². The Morgan fingerprint density at radius 3 is 2.80 bits per heavy atom. The summed E-state index contributed by atoms with van der Waals surface area (Å²) in [6.07, 6.45) is 3.35. The molecule has 1 N–H and O–H groups in total. The Labute approximate surface area is 99.3 Å². The van der Waals surface area contributed by atoms with Crippen LogP contribution in [0.25, 0.3) is 0 Å². The van der Waals surface area contributed by atoms with Crippen LogP contribution in [0.3, 0.4) is 0 Å². The number of nitrogens with one attached hydrogen (secondary N) is 1. The fraction of sp³-hybridized carbons (Fsp3) is 0.364. The maximum absolute atomic E-state index is 6.04. The molecular weight excluding hydrogens is 231 g/mol. The molecule has 0 atom stereocenters. The molecule has 0 fully saturated rings. The number of rotatable bonds is 1. The van der Waals surface area contributed by atoms with Gasteiger partial charge >= 0.3 is 0 Å². The fourth-order valence-corrected chi connectivity index (χ4v) is 1.88. The maximum atomic E-state index is 6.04. The van der Waals surface area contributed by atoms with Crippen LogP contribution in [0.4, 0.5) is 5.69 Å². The van der Waals surface area contributed by atoms with Crippen LogP contribution in [-0.2, 0) is 0 Å². The molecule has 1 aromatic rings. The summed E-state index contributed by atoms with van der Waals surface area (Å²) < 4.78 is 0. The van der Waals surface area contributed by atoms with Gasteiger partial charge in [-0.15, -0.1) is 0 Å². The van der Waals surface area contributed by atoms with E-state index in [0.717, 1.165) is 24.5 Å². The van der Waals surface area contributed by atoms with Crippen molar-refractivity contribution >= 4 is 34.7 Å². The van der Waals surface area contributed by atoms with Gasteiger partial charge in [-0.3, -0.25) is 4.99 Å². The molecule has 80 valence electrons. The van der Waals surface area contributed by atoms with Crippen LogP contribution in [-0.4, -0.2) is 12.4 Å². The molecule has 1 aliphatic rings. The van der Waals surface area contributed by atoms with E-state index < -0.39 is 0 Å². The van der Waals surface area contributed by atoms with Crippen LogP contribution < -0.4 is 5.32 Å². The van der Waals surface area contributed by atoms with Gasteiger partial charge < -0.3 is 5.32 Å². The van der Waals surface area contributed by atoms with Crippen molar-refractivity contribution in [2.45, 2.75) is 19.3 Å². The van der Waals surface area contributed by atoms with Crippen LogP contribution in [0.1, 0.15) is 19.3 Å². The summed E-state index contributed by atoms with van der Waals surface area (Å²) in [5.41, 5.74) is 0.838. The van der Waals surface area contributed by atoms with Gasteiger partial charge in [-0.05, 0) is 31.0 Å². The molecule has 1 heterocycles. The van der Waals surface area contributed by atoms with Gasteiger partial charge in [0.25, 0.3) is 0 Å². The average Bonchev–Trinajstić information content (AvgIpc) is 2.25. The molecule has 2 nitrogen and oxygen atoms in total. The van der Waals surface area contributed by atoms with E-state index in [4.69, 9.17) is 23.2 Å². The molecule has 4 heteroatoms. The van der Waals surface area contributed by atoms with Gasteiger partial charge in [-0.25, -0.2) is 0 Å². The molecule has 2 rings (SSSR count). The summed E-state index contributed by atoms with van der Waals surface area (Å²) in [4.78, 5) is 4.40. The molecule has 0 aromatic heterocycles. The van der Waals surface area contributed by atoms with Crippen molar-refractivity contribution in [3.8, 4) is 0 Å². The third kappa shape index (κ3) is 2.86. The van der Waals surface area contributed by atoms with Crippen molar-refractivity contribution in [2.24, 2.45) is 4.99 Å². The third-order valence-corrected chi connectivity index (χ3v) is 2.90. The lowest BCUT2D eigenvalue weighted by molar-refractivity contribution is 0.737. The Hall–Kier alpha value is -0.730. The lowest BCUT2D eigenvalue weighted by Gasteiger charge is -2.14. The second kappa shape index (κ2) is 4.86. The van der Waals surface area contributed by atoms with E-state index in [-0.39, 0.29) is 0 Å². The Bertz CT molecular complexity index is 388. The number of halogens is 2. The highest BCUT2D eigenvalue weighted by Crippen LogP contribution is 2.26. The van der Waals surface area contributed by atoms with Gasteiger partial charge in [-0.2, -0.15) is 0 Å². The molecule has 15 heavy (non-hydrogen) atoms. The smallest absolute Gasteiger partial charge is 0.101 e. The Kier molecular flexibility index (Phi) is 3.49. The topological polar surface area (TPSA) is 24.4 Å². The van der Waals surface area contributed by atoms with E-state index in [1.165, 1.54) is 12.8 Å². The van der Waals surface area contributed by atoms with E-state index in [1.807, 2.05) is 6.07 Å². The Balaban J connectivity index is 2.15. The van der Waals surface area contributed by atoms with E-state index >= 15 is 0 Å². The van der Waals surface area contributed by atoms with Gasteiger partial charge in [0.05, 0.1) is 10.7 Å². The molecule has 0 aliphatic carbocycles. The molecule has 0 saturated carbocycles. The maximum Gasteiger partial charge on any atom is 0.101 e. The summed E-state index contributed by atoms with van der Waals surface area (Å²) in [7, 11) is 0. The summed E-state index contributed by atoms with van der Waals surface area (Å²) in [5, 5.41) is 4.58. The molecule has 0 amide bonds. The second-order valence-electron chi connectivity index (χ2n) is 3.53. The minimum absolute atomic E-state index is 0.674. The Morgan fingerprint density at radius 2 is 2.07 bits per heavy atom. The predicted molar refractivity (Wildman–Crippen MR) is 66.2 cm³/mol. The molecule has 1 aromatic carbocycles. The van der Waals surface area contributed by atoms with Crippen LogP contribution in [0.2, 0.25) is 10.0 Å². The number of anilines is 1. The largest absolute Gasteiger partial charge is 0.343 e. The lowest BCUT2D eigenvalue weighted by atomic mass is 10.2. The first-order chi connectivity index (χ1) is 7.25. The zero-order valence-corrected chi connectivity index (χ0v) is 9.78. The normalized spacial score (nSPS) is 16.0. The summed E-state index contributed by atoms with van der Waals surface area (Å²) in [6, 6.07) is 5.38. The minimum atomic E-state index is 0.674. The number of aliphatic imine (C=N–C) groups is 1. The molecule has 0 saturated heterocycles. The van der Waals surface area contributed by atoms with E-state index in [2.05, 4.69) is 10.3 Å². The standard InChI is InChI=1S/C11H12Cl2N2/c12-8-4-5-9(13)10(7-8)15-11-3-1-2-6-14-11/h4-5,7H,1-3,6H2,(H,14,15). The van der Waals surface area contributed by atoms with Crippen LogP contribution >= 0.6 is 23.2 Å². The predicted octanol–water partition coefficient (Wildman–Crippen LogP) is 3.99. The highest BCUT2D eigenvalue weighted by atomic mass is 35.5. The van der Waals surface area contributed by atoms with Crippen molar-refractivity contribution in [2.75, 3.05) is 11.9 Å². The first-order valence-corrected chi connectivity index (χ1v) is 5.77. The third-order valence-electron chi connectivity index (χ3n) is 2.33. The molecule has 0 radical (unpaired) electrons. The highest BCUT2D eigenvalue weighted by Gasteiger charge is 2.07. The van der Waals surface area contributed by atoms with E-state index in [9.17, 15) is 0 Å². The zero-order valence-electron chi connectivity index (χ0n) is 8.26. The lowest BCUT2D eigenvalue weighted by Crippen LogP contribution is -2.16. The number of hydrogen-bond donors (Lipinski definition) is 1. The highest BCUT2D eigenvalue weighted by molar-refractivity contribution is 6.35. The van der Waals surface area contributed by atoms with Crippen molar-refractivity contribution < 1.29 is 0 Å². The van der Waals surface area contributed by atoms with Gasteiger partial charge in [0.1, 0.15) is 5.84 Å². The fourth-order valence-electron chi connectivity index (χ4n) is 1.55. The van der Waals surface area contributed by atoms with Crippen molar-refractivity contribution in [1.29, 1.82) is 0 Å². The number of hydrogen-bond acceptors (Lipinski definition) is 2. The van der Waals surface area contributed by atoms with E-state index in [0.29, 0.717) is 10.0 Å². The van der Waals surface area contributed by atoms with E-state index in [1.54, 1.807) is 12.1 Å². The molecule has 0 bridgehead atoms. The van der Waals surface area contributed by atoms with Gasteiger partial charge in [-0.1, -0.05) is 23.2 Å². The molecule has 0 spiro atoms. The zero-order chi connectivity index (χ0) is 10.7. The first-order valence-electron chi connectivity index (χ1n) is 5.01. The Morgan fingerprint density at radius 1 is 1.20 bits per heavy atom.